The van der Waals surface area contributed by atoms with Gasteiger partial charge in [-0.2, -0.15) is 4.98 Å². The van der Waals surface area contributed by atoms with E-state index in [2.05, 4.69) is 22.2 Å². The molecule has 0 aliphatic carbocycles. The van der Waals surface area contributed by atoms with E-state index in [1.54, 1.807) is 18.2 Å². The van der Waals surface area contributed by atoms with E-state index in [-0.39, 0.29) is 47.7 Å². The summed E-state index contributed by atoms with van der Waals surface area (Å²) >= 11 is 5.94. The molecule has 0 bridgehead atoms. The average molecular weight is 464 g/mol. The first kappa shape index (κ1) is 23.7. The maximum absolute atomic E-state index is 13.6. The van der Waals surface area contributed by atoms with Gasteiger partial charge in [-0.05, 0) is 36.9 Å². The number of fused-ring (bicyclic) bond motifs is 1. The van der Waals surface area contributed by atoms with Crippen LogP contribution in [0.1, 0.15) is 51.0 Å². The molecule has 0 aliphatic heterocycles. The van der Waals surface area contributed by atoms with Crippen LogP contribution >= 0.6 is 11.6 Å². The first-order chi connectivity index (χ1) is 15.4. The van der Waals surface area contributed by atoms with Gasteiger partial charge in [0, 0.05) is 31.6 Å². The van der Waals surface area contributed by atoms with Crippen molar-refractivity contribution in [2.45, 2.75) is 65.1 Å². The summed E-state index contributed by atoms with van der Waals surface area (Å²) in [7, 11) is 0. The minimum atomic E-state index is -0.472. The minimum Gasteiger partial charge on any atom is -0.352 e. The van der Waals surface area contributed by atoms with E-state index in [9.17, 15) is 18.8 Å². The first-order valence-corrected chi connectivity index (χ1v) is 11.2. The second-order valence-electron chi connectivity index (χ2n) is 7.65. The summed E-state index contributed by atoms with van der Waals surface area (Å²) in [6.45, 7) is 2.81. The molecule has 1 aromatic carbocycles. The summed E-state index contributed by atoms with van der Waals surface area (Å²) in [5, 5.41) is 2.74. The monoisotopic (exact) mass is 463 g/mol. The fourth-order valence-electron chi connectivity index (χ4n) is 3.54. The fraction of sp³-hybridized carbons (Fsp3) is 0.455. The Bertz CT molecular complexity index is 1200. The van der Waals surface area contributed by atoms with Gasteiger partial charge in [0.1, 0.15) is 5.82 Å². The largest absolute Gasteiger partial charge is 0.352 e. The van der Waals surface area contributed by atoms with Gasteiger partial charge in [-0.25, -0.2) is 9.18 Å². The van der Waals surface area contributed by atoms with Gasteiger partial charge in [0.15, 0.2) is 11.2 Å². The Morgan fingerprint density at radius 2 is 1.84 bits per heavy atom. The number of halogens is 2. The van der Waals surface area contributed by atoms with E-state index < -0.39 is 11.2 Å². The number of carbonyl (C=O) groups excluding carboxylic acids is 1. The molecule has 0 unspecified atom stereocenters. The zero-order valence-corrected chi connectivity index (χ0v) is 18.8. The van der Waals surface area contributed by atoms with Crippen LogP contribution in [0, 0.1) is 5.82 Å². The van der Waals surface area contributed by atoms with Gasteiger partial charge in [-0.15, -0.1) is 0 Å². The smallest absolute Gasteiger partial charge is 0.332 e. The van der Waals surface area contributed by atoms with E-state index in [0.29, 0.717) is 24.9 Å². The number of nitrogens with one attached hydrogen (secondary N) is 2. The van der Waals surface area contributed by atoms with Crippen molar-refractivity contribution in [2.24, 2.45) is 0 Å². The molecule has 2 aromatic heterocycles. The molecule has 0 fully saturated rings. The van der Waals surface area contributed by atoms with Crippen LogP contribution in [0.5, 0.6) is 0 Å². The molecule has 0 radical (unpaired) electrons. The number of carbonyl (C=O) groups is 1. The molecule has 0 saturated carbocycles. The van der Waals surface area contributed by atoms with Crippen molar-refractivity contribution in [2.75, 3.05) is 0 Å². The molecule has 0 aliphatic rings. The summed E-state index contributed by atoms with van der Waals surface area (Å²) in [5.74, 6) is -0.579. The maximum Gasteiger partial charge on any atom is 0.332 e. The molecular weight excluding hydrogens is 437 g/mol. The molecule has 0 spiro atoms. The molecule has 3 aromatic rings. The lowest BCUT2D eigenvalue weighted by atomic mass is 10.2. The lowest BCUT2D eigenvalue weighted by Crippen LogP contribution is -2.40. The summed E-state index contributed by atoms with van der Waals surface area (Å²) in [6, 6.07) is 6.26. The second-order valence-corrected chi connectivity index (χ2v) is 8.01. The highest BCUT2D eigenvalue weighted by Gasteiger charge is 2.16. The molecule has 0 atom stereocenters. The van der Waals surface area contributed by atoms with Crippen molar-refractivity contribution in [1.29, 1.82) is 0 Å². The highest BCUT2D eigenvalue weighted by molar-refractivity contribution is 6.28. The number of amides is 1. The highest BCUT2D eigenvalue weighted by Crippen LogP contribution is 2.11. The zero-order chi connectivity index (χ0) is 23.1. The number of imidazole rings is 1. The lowest BCUT2D eigenvalue weighted by Gasteiger charge is -2.11. The molecule has 1 amide bonds. The quantitative estimate of drug-likeness (QED) is 0.336. The topological polar surface area (TPSA) is 102 Å². The molecular formula is C22H27ClFN5O3. The van der Waals surface area contributed by atoms with Crippen molar-refractivity contribution >= 4 is 28.7 Å². The molecule has 10 heteroatoms. The summed E-state index contributed by atoms with van der Waals surface area (Å²) in [6.07, 6.45) is 3.89. The van der Waals surface area contributed by atoms with Crippen LogP contribution in [0.3, 0.4) is 0 Å². The van der Waals surface area contributed by atoms with Crippen molar-refractivity contribution < 1.29 is 9.18 Å². The van der Waals surface area contributed by atoms with E-state index >= 15 is 0 Å². The Kier molecular flexibility index (Phi) is 8.21. The zero-order valence-electron chi connectivity index (χ0n) is 18.0. The number of hydrogen-bond acceptors (Lipinski definition) is 4. The predicted octanol–water partition coefficient (Wildman–Crippen LogP) is 3.36. The van der Waals surface area contributed by atoms with Crippen LogP contribution in [0.4, 0.5) is 4.39 Å². The normalized spacial score (nSPS) is 11.2. The third kappa shape index (κ3) is 5.64. The average Bonchev–Trinajstić information content (AvgIpc) is 3.16. The Morgan fingerprint density at radius 1 is 1.12 bits per heavy atom. The van der Waals surface area contributed by atoms with Gasteiger partial charge >= 0.3 is 5.69 Å². The number of aryl methyl sites for hydroxylation is 1. The molecule has 8 nitrogen and oxygen atoms in total. The van der Waals surface area contributed by atoms with Crippen molar-refractivity contribution in [3.05, 3.63) is 61.8 Å². The predicted molar refractivity (Wildman–Crippen MR) is 121 cm³/mol. The summed E-state index contributed by atoms with van der Waals surface area (Å²) in [4.78, 5) is 44.6. The van der Waals surface area contributed by atoms with E-state index in [4.69, 9.17) is 11.6 Å². The van der Waals surface area contributed by atoms with E-state index in [1.807, 2.05) is 0 Å². The van der Waals surface area contributed by atoms with Gasteiger partial charge in [-0.3, -0.25) is 18.7 Å². The number of H-pyrrole nitrogens is 1. The molecule has 32 heavy (non-hydrogen) atoms. The number of benzene rings is 1. The van der Waals surface area contributed by atoms with Crippen molar-refractivity contribution in [1.82, 2.24) is 24.4 Å². The molecule has 2 heterocycles. The van der Waals surface area contributed by atoms with Crippen molar-refractivity contribution in [3.8, 4) is 0 Å². The Morgan fingerprint density at radius 3 is 2.59 bits per heavy atom. The van der Waals surface area contributed by atoms with Crippen LogP contribution in [-0.2, 0) is 24.4 Å². The van der Waals surface area contributed by atoms with Gasteiger partial charge in [-0.1, -0.05) is 38.0 Å². The van der Waals surface area contributed by atoms with Crippen LogP contribution < -0.4 is 16.6 Å². The number of hydrogen-bond donors (Lipinski definition) is 2. The third-order valence-electron chi connectivity index (χ3n) is 5.29. The van der Waals surface area contributed by atoms with Gasteiger partial charge in [0.25, 0.3) is 5.56 Å². The van der Waals surface area contributed by atoms with Crippen LogP contribution in [0.2, 0.25) is 5.28 Å². The molecule has 2 N–H and O–H groups in total. The number of rotatable bonds is 11. The standard InChI is InChI=1S/C22H27ClFN5O3/c1-2-3-7-12-28-19-18(26-21(23)27-19)20(31)29(22(28)32)13-8-6-11-17(30)25-14-15-9-4-5-10-16(15)24/h4-5,9-10H,2-3,6-8,11-14H2,1H3,(H,25,30)(H,26,27). The number of aromatic amines is 1. The number of unbranched alkanes of at least 4 members (excludes halogenated alkanes) is 3. The third-order valence-corrected chi connectivity index (χ3v) is 5.47. The van der Waals surface area contributed by atoms with Gasteiger partial charge in [0.2, 0.25) is 11.2 Å². The molecule has 3 rings (SSSR count). The minimum absolute atomic E-state index is 0.0602. The maximum atomic E-state index is 13.6. The van der Waals surface area contributed by atoms with Crippen LogP contribution in [0.15, 0.2) is 33.9 Å². The molecule has 172 valence electrons. The highest BCUT2D eigenvalue weighted by atomic mass is 35.5. The SMILES string of the molecule is CCCCCn1c(=O)n(CCCCC(=O)NCc2ccccc2F)c(=O)c2[nH]c(Cl)nc21. The Labute approximate surface area is 189 Å². The summed E-state index contributed by atoms with van der Waals surface area (Å²) < 4.78 is 16.3. The van der Waals surface area contributed by atoms with Crippen LogP contribution in [0.25, 0.3) is 11.2 Å². The number of nitrogens with zero attached hydrogens (tertiary/aromatic N) is 3. The van der Waals surface area contributed by atoms with Gasteiger partial charge < -0.3 is 10.3 Å². The summed E-state index contributed by atoms with van der Waals surface area (Å²) in [5.41, 5.74) is -0.00734. The first-order valence-electron chi connectivity index (χ1n) is 10.8. The fourth-order valence-corrected chi connectivity index (χ4v) is 3.71. The van der Waals surface area contributed by atoms with Crippen LogP contribution in [-0.4, -0.2) is 25.0 Å². The van der Waals surface area contributed by atoms with E-state index in [1.165, 1.54) is 15.2 Å². The lowest BCUT2D eigenvalue weighted by molar-refractivity contribution is -0.121. The molecule has 0 saturated heterocycles. The Hall–Kier alpha value is -2.94. The van der Waals surface area contributed by atoms with Gasteiger partial charge in [0.05, 0.1) is 0 Å². The number of aromatic nitrogens is 4. The Balaban J connectivity index is 1.62. The van der Waals surface area contributed by atoms with Crippen molar-refractivity contribution in [3.63, 3.8) is 0 Å². The second kappa shape index (κ2) is 11.1. The van der Waals surface area contributed by atoms with E-state index in [0.717, 1.165) is 19.3 Å².